The van der Waals surface area contributed by atoms with Crippen molar-refractivity contribution in [2.75, 3.05) is 55.3 Å². The van der Waals surface area contributed by atoms with Crippen LogP contribution in [-0.2, 0) is 53.4 Å². The number of rotatable bonds is 35. The zero-order valence-corrected chi connectivity index (χ0v) is 87.0. The van der Waals surface area contributed by atoms with Gasteiger partial charge in [-0.05, 0) is 205 Å². The third kappa shape index (κ3) is 28.3. The Morgan fingerprint density at radius 1 is 0.427 bits per heavy atom. The molecule has 21 rings (SSSR count). The minimum Gasteiger partial charge on any atom is -0.512 e. The molecule has 0 saturated heterocycles. The molecule has 44 heteroatoms. The summed E-state index contributed by atoms with van der Waals surface area (Å²) in [6.07, 6.45) is 5.40. The maximum atomic E-state index is 11.7. The summed E-state index contributed by atoms with van der Waals surface area (Å²) in [6.45, 7) is 17.2. The quantitative estimate of drug-likeness (QED) is 0.00585. The second-order valence-electron chi connectivity index (χ2n) is 33.1. The number of esters is 1. The molecule has 0 unspecified atom stereocenters. The second kappa shape index (κ2) is 50.5. The number of carbonyl (C=O) groups is 6. The summed E-state index contributed by atoms with van der Waals surface area (Å²) in [6, 6.07) is 67.4. The Morgan fingerprint density at radius 2 is 0.813 bits per heavy atom. The maximum absolute atomic E-state index is 11.7. The number of methoxy groups -OCH3 is 1. The topological polar surface area (TPSA) is 532 Å². The van der Waals surface area contributed by atoms with E-state index in [1.807, 2.05) is 158 Å². The van der Waals surface area contributed by atoms with Gasteiger partial charge in [0.2, 0.25) is 30.9 Å². The zero-order chi connectivity index (χ0) is 105. The number of aliphatic hydroxyl groups excluding tert-OH is 2. The number of H-pyrrole nitrogens is 7. The molecule has 150 heavy (non-hydrogen) atoms. The monoisotopic (exact) mass is 2130 g/mol. The van der Waals surface area contributed by atoms with Crippen molar-refractivity contribution in [3.63, 3.8) is 0 Å². The largest absolute Gasteiger partial charge is 0.512 e. The predicted octanol–water partition coefficient (Wildman–Crippen LogP) is 22.9. The molecule has 0 radical (unpaired) electrons. The van der Waals surface area contributed by atoms with Gasteiger partial charge in [-0.15, -0.1) is 30.6 Å². The van der Waals surface area contributed by atoms with E-state index in [9.17, 15) is 28.8 Å². The first-order valence-electron chi connectivity index (χ1n) is 46.2. The second-order valence-corrected chi connectivity index (χ2v) is 38.7. The van der Waals surface area contributed by atoms with Crippen LogP contribution < -0.4 is 4.74 Å². The third-order valence-electron chi connectivity index (χ3n) is 21.7. The van der Waals surface area contributed by atoms with Gasteiger partial charge in [-0.1, -0.05) is 156 Å². The fraction of sp³-hybridized carbons (Fsp3) is 0.179. The van der Waals surface area contributed by atoms with Crippen LogP contribution in [0.4, 0.5) is 0 Å². The van der Waals surface area contributed by atoms with Crippen molar-refractivity contribution < 1.29 is 79.8 Å². The lowest BCUT2D eigenvalue weighted by Gasteiger charge is -2.15. The van der Waals surface area contributed by atoms with Gasteiger partial charge in [0.05, 0.1) is 71.5 Å². The van der Waals surface area contributed by atoms with E-state index in [0.717, 1.165) is 84.9 Å². The van der Waals surface area contributed by atoms with E-state index < -0.39 is 0 Å². The molecule has 20 aromatic rings. The number of hydrogen-bond donors (Lipinski definition) is 9. The van der Waals surface area contributed by atoms with Gasteiger partial charge >= 0.3 is 5.97 Å². The molecule has 0 saturated carbocycles. The molecular formula is C106H97N21O17S6. The van der Waals surface area contributed by atoms with Gasteiger partial charge in [0.1, 0.15) is 76.3 Å². The van der Waals surface area contributed by atoms with E-state index in [-0.39, 0.29) is 40.6 Å². The molecule has 14 heterocycles. The normalized spacial score (nSPS) is 11.5. The number of aliphatic hydroxyl groups is 2. The first kappa shape index (κ1) is 106. The zero-order valence-electron chi connectivity index (χ0n) is 82.1. The number of aromatic amines is 7. The summed E-state index contributed by atoms with van der Waals surface area (Å²) in [7, 11) is 5.13. The molecule has 0 atom stereocenters. The molecule has 14 aromatic heterocycles. The molecule has 9 N–H and O–H groups in total. The summed E-state index contributed by atoms with van der Waals surface area (Å²) in [5.41, 5.74) is 12.8. The Hall–Kier alpha value is -16.8. The summed E-state index contributed by atoms with van der Waals surface area (Å²) >= 11 is 7.74. The number of benzene rings is 6. The van der Waals surface area contributed by atoms with Gasteiger partial charge in [-0.25, -0.2) is 4.79 Å². The average molecular weight is 2130 g/mol. The van der Waals surface area contributed by atoms with Crippen LogP contribution in [0.15, 0.2) is 306 Å². The number of aromatic nitrogens is 20. The molecule has 0 bridgehead atoms. The van der Waals surface area contributed by atoms with Gasteiger partial charge < -0.3 is 60.6 Å². The highest BCUT2D eigenvalue weighted by Gasteiger charge is 2.24. The maximum Gasteiger partial charge on any atom is 0.338 e. The van der Waals surface area contributed by atoms with Crippen LogP contribution >= 0.6 is 70.6 Å². The van der Waals surface area contributed by atoms with E-state index in [4.69, 9.17) is 51.0 Å². The van der Waals surface area contributed by atoms with E-state index in [1.165, 1.54) is 114 Å². The predicted molar refractivity (Wildman–Crippen MR) is 575 cm³/mol. The van der Waals surface area contributed by atoms with E-state index in [1.54, 1.807) is 64.4 Å². The summed E-state index contributed by atoms with van der Waals surface area (Å²) < 4.78 is 47.8. The van der Waals surface area contributed by atoms with Crippen LogP contribution in [0.3, 0.4) is 0 Å². The Bertz CT molecular complexity index is 8160. The van der Waals surface area contributed by atoms with Gasteiger partial charge in [0.25, 0.3) is 0 Å². The van der Waals surface area contributed by atoms with Gasteiger partial charge in [0.15, 0.2) is 69.5 Å². The van der Waals surface area contributed by atoms with Crippen LogP contribution in [-0.4, -0.2) is 207 Å². The van der Waals surface area contributed by atoms with Crippen molar-refractivity contribution in [2.24, 2.45) is 12.2 Å². The van der Waals surface area contributed by atoms with Crippen molar-refractivity contribution in [1.29, 1.82) is 0 Å². The van der Waals surface area contributed by atoms with Crippen molar-refractivity contribution in [1.82, 2.24) is 101 Å². The first-order valence-corrected chi connectivity index (χ1v) is 52.1. The van der Waals surface area contributed by atoms with Crippen LogP contribution in [0.5, 0.6) is 5.75 Å². The summed E-state index contributed by atoms with van der Waals surface area (Å²) in [5.74, 6) is 14.3. The fourth-order valence-electron chi connectivity index (χ4n) is 14.6. The lowest BCUT2D eigenvalue weighted by atomic mass is 9.89. The number of furan rings is 6. The number of oxime groups is 1. The number of nitrogens with one attached hydrogen (secondary N) is 7. The Kier molecular flexibility index (Phi) is 35.7. The van der Waals surface area contributed by atoms with E-state index >= 15 is 0 Å². The van der Waals surface area contributed by atoms with Crippen molar-refractivity contribution in [3.8, 4) is 143 Å². The molecule has 0 aliphatic heterocycles. The lowest BCUT2D eigenvalue weighted by Crippen LogP contribution is -2.12. The number of Topliss-reactive ketones (excluding diaryl/α,β-unsaturated/α-hetero) is 5. The molecule has 764 valence electrons. The van der Waals surface area contributed by atoms with Crippen LogP contribution in [0.2, 0.25) is 0 Å². The van der Waals surface area contributed by atoms with Gasteiger partial charge in [-0.3, -0.25) is 54.6 Å². The number of carbonyl (C=O) groups excluding carboxylic acids is 6. The first-order chi connectivity index (χ1) is 72.7. The minimum absolute atomic E-state index is 0.0629. The van der Waals surface area contributed by atoms with Crippen LogP contribution in [0.25, 0.3) is 159 Å². The third-order valence-corrected chi connectivity index (χ3v) is 27.5. The number of nitrogens with zero attached hydrogens (tertiary/aromatic N) is 14. The SMILES string of the molecule is C=C(O)CSc1n[nH]c(-c2ccc(-c3ccc(C(=O)OCC)cc3)o2)n1.C=C(O)CSc1n[nH]c(-c2ccc(-c3ccc4c(c3)cc(C)n4C)o2)n1.CC(=O)CSc1n[nH]c(-c2ccc(-c3ccc4c(c3)CCC(=O)C4)o2)n1.CC(=O)CSc1n[nH]c(-c2ccc(-c3cccc4[nH]ccc34)o2)n1.CC(=O)CSc1n[nH]c(-c2ccc(-c3ccccc3)o2)n1.CO/N=C/c1cc(-c2ccc(-c3nc(SCC(C)=O)n[nH]3)o2)ccc1OC. The minimum atomic E-state index is -0.351. The van der Waals surface area contributed by atoms with Crippen LogP contribution in [0, 0.1) is 6.92 Å². The number of hydrogen-bond acceptors (Lipinski definition) is 36. The fourth-order valence-corrected chi connectivity index (χ4v) is 18.1. The standard InChI is InChI=1S/C19H18N4O2S.C19H17N3O3S.C18H18N4O4S.C18H17N3O4S.C17H14N4O2S.C15H13N3O2S/c1-11-8-14-9-13(4-5-15(14)23(11)3)16-6-7-17(25-16)18-20-19(22-21-18)26-10-12(2)24;1-11(23)10-26-19-20-18(21-22-19)17-7-6-16(25-17)14-3-2-13-9-15(24)5-4-12(13)8-14;1-11(23)10-27-18-20-17(21-22-18)16-7-6-15(26-16)12-4-5-14(24-2)13(8-12)9-19-25-3;1-3-24-17(23)13-6-4-12(5-7-13)14-8-9-15(25-14)16-19-18(21-20-16)26-10-11(2)22;1-10(22)9-24-17-19-16(20-21-17)15-6-5-14(23-15)12-3-2-4-13-11(12)7-8-18-13;1-10(19)9-21-15-16-14(17-18-15)13-8-7-12(20-13)11-5-3-2-4-6-11/h4-9,24H,2,10H2,1,3H3,(H,20,21,22);2-3,6-8H,4-5,9-10H2,1H3,(H,20,21,22);4-9H,10H2,1-3H3,(H,20,21,22);4-9,22H,2-3,10H2,1H3,(H,19,20,21);2-8,18H,9H2,1H3,(H,19,20,21);2-8H,9H2,1H3,(H,16,17,18)/b;;19-9+;;;. The lowest BCUT2D eigenvalue weighted by molar-refractivity contribution is -0.119. The molecular weight excluding hydrogens is 2030 g/mol. The molecule has 1 aliphatic rings. The molecule has 0 fully saturated rings. The van der Waals surface area contributed by atoms with Crippen LogP contribution in [0.1, 0.15) is 73.8 Å². The van der Waals surface area contributed by atoms with Gasteiger partial charge in [0, 0.05) is 92.5 Å². The highest BCUT2D eigenvalue weighted by molar-refractivity contribution is 8.00. The molecule has 38 nitrogen and oxygen atoms in total. The van der Waals surface area contributed by atoms with E-state index in [0.29, 0.717) is 183 Å². The number of aryl methyl sites for hydroxylation is 3. The van der Waals surface area contributed by atoms with E-state index in [2.05, 4.69) is 163 Å². The average Bonchev–Trinajstić information content (AvgIpc) is 1.64. The van der Waals surface area contributed by atoms with Gasteiger partial charge in [-0.2, -0.15) is 29.9 Å². The highest BCUT2D eigenvalue weighted by Crippen LogP contribution is 2.39. The summed E-state index contributed by atoms with van der Waals surface area (Å²) in [5, 5.41) is 69.0. The Morgan fingerprint density at radius 3 is 1.24 bits per heavy atom. The number of fused-ring (bicyclic) bond motifs is 3. The van der Waals surface area contributed by atoms with Crippen molar-refractivity contribution in [2.45, 2.75) is 91.7 Å². The number of ketones is 5. The highest BCUT2D eigenvalue weighted by atomic mass is 32.2. The molecule has 6 aromatic carbocycles. The number of thioether (sulfide) groups is 6. The Labute approximate surface area is 881 Å². The number of ether oxygens (including phenoxy) is 2. The van der Waals surface area contributed by atoms with Crippen molar-refractivity contribution in [3.05, 3.63) is 271 Å². The molecule has 1 aliphatic carbocycles. The van der Waals surface area contributed by atoms with Crippen molar-refractivity contribution >= 4 is 133 Å². The summed E-state index contributed by atoms with van der Waals surface area (Å²) in [4.78, 5) is 101. The smallest absolute Gasteiger partial charge is 0.338 e. The molecule has 0 amide bonds. The Balaban J connectivity index is 0.000000128. The molecule has 0 spiro atoms.